The second kappa shape index (κ2) is 27.4. The highest BCUT2D eigenvalue weighted by atomic mass is 16.4. The Morgan fingerprint density at radius 1 is 0.692 bits per heavy atom. The van der Waals surface area contributed by atoms with Crippen LogP contribution in [-0.4, -0.2) is 167 Å². The molecular formula is C40H68N12O13. The number of nitrogens with one attached hydrogen (secondary N) is 9. The van der Waals surface area contributed by atoms with Gasteiger partial charge in [0.15, 0.2) is 0 Å². The fourth-order valence-corrected chi connectivity index (χ4v) is 6.94. The molecule has 0 bridgehead atoms. The van der Waals surface area contributed by atoms with Crippen molar-refractivity contribution in [2.24, 2.45) is 17.4 Å². The highest BCUT2D eigenvalue weighted by Gasteiger charge is 2.36. The molecule has 0 unspecified atom stereocenters. The van der Waals surface area contributed by atoms with Crippen LogP contribution in [0.1, 0.15) is 92.4 Å². The van der Waals surface area contributed by atoms with Crippen molar-refractivity contribution in [3.63, 3.8) is 0 Å². The third kappa shape index (κ3) is 19.4. The fraction of sp³-hybridized carbons (Fsp3) is 0.725. The lowest BCUT2D eigenvalue weighted by atomic mass is 10.0. The molecule has 0 aromatic rings. The molecule has 65 heavy (non-hydrogen) atoms. The normalized spacial score (nSPS) is 19.6. The monoisotopic (exact) mass is 925 g/mol. The summed E-state index contributed by atoms with van der Waals surface area (Å²) in [5.41, 5.74) is 10.7. The molecule has 2 fully saturated rings. The van der Waals surface area contributed by atoms with E-state index in [0.717, 1.165) is 0 Å². The lowest BCUT2D eigenvalue weighted by Crippen LogP contribution is -2.58. The molecule has 0 radical (unpaired) electrons. The van der Waals surface area contributed by atoms with Gasteiger partial charge in [-0.1, -0.05) is 13.8 Å². The number of carboxylic acid groups (broad SMARTS) is 1. The van der Waals surface area contributed by atoms with Crippen LogP contribution in [0.2, 0.25) is 0 Å². The quantitative estimate of drug-likeness (QED) is 0.0342. The maximum atomic E-state index is 13.4. The van der Waals surface area contributed by atoms with Gasteiger partial charge in [-0.05, 0) is 84.6 Å². The standard InChI is InChI=1S/C40H68N12O13/c1-20(2)15-28(51-37(61)25(11-12-30(42)54)49-31(55)18-44-36(60)27-16-24(53)17-43-27)38(62)48-23(5)35(59)47-22(4)34(58)46-21(3)33(57)45-19-32(56)52-14-8-10-29(52)39(63)50-26(40(64)65)9-6-7-13-41/h20-29,43,53H,6-19,41H2,1-5H3,(H2,42,54)(H,44,60)(H,45,57)(H,46,58)(H,47,59)(H,48,62)(H,49,55)(H,50,63)(H,51,61)(H,64,65)/t21-,22-,23-,24+,25-,26-,27-,28-,29-/m0/s1. The number of unbranched alkanes of at least 4 members (excludes halogenated alkanes) is 1. The molecular weight excluding hydrogens is 857 g/mol. The summed E-state index contributed by atoms with van der Waals surface area (Å²) in [6.45, 7) is 7.28. The highest BCUT2D eigenvalue weighted by molar-refractivity contribution is 5.97. The number of carboxylic acids is 1. The summed E-state index contributed by atoms with van der Waals surface area (Å²) in [6, 6.07) is -9.02. The molecule has 0 aromatic carbocycles. The van der Waals surface area contributed by atoms with Crippen molar-refractivity contribution < 1.29 is 63.0 Å². The molecule has 2 rings (SSSR count). The van der Waals surface area contributed by atoms with Gasteiger partial charge in [-0.15, -0.1) is 0 Å². The van der Waals surface area contributed by atoms with E-state index >= 15 is 0 Å². The van der Waals surface area contributed by atoms with E-state index in [-0.39, 0.29) is 51.1 Å². The van der Waals surface area contributed by atoms with Crippen LogP contribution in [0.5, 0.6) is 0 Å². The SMILES string of the molecule is CC(C)C[C@H](NC(=O)[C@H](CCC(N)=O)NC(=O)CNC(=O)[C@@H]1C[C@@H](O)CN1)C(=O)N[C@@H](C)C(=O)N[C@@H](C)C(=O)N[C@@H](C)C(=O)NCC(=O)N1CCC[C@H]1C(=O)N[C@@H](CCCCN)C(=O)O. The Morgan fingerprint density at radius 2 is 1.29 bits per heavy atom. The van der Waals surface area contributed by atoms with E-state index in [1.807, 2.05) is 0 Å². The van der Waals surface area contributed by atoms with Crippen LogP contribution >= 0.6 is 0 Å². The van der Waals surface area contributed by atoms with Crippen molar-refractivity contribution in [3.05, 3.63) is 0 Å². The molecule has 25 heteroatoms. The second-order valence-electron chi connectivity index (χ2n) is 16.7. The van der Waals surface area contributed by atoms with E-state index in [9.17, 15) is 63.0 Å². The van der Waals surface area contributed by atoms with Gasteiger partial charge in [0.05, 0.1) is 25.2 Å². The molecule has 0 saturated carbocycles. The number of aliphatic hydroxyl groups excluding tert-OH is 1. The Labute approximate surface area is 377 Å². The average molecular weight is 925 g/mol. The van der Waals surface area contributed by atoms with Crippen LogP contribution in [0.15, 0.2) is 0 Å². The number of hydrogen-bond donors (Lipinski definition) is 13. The van der Waals surface area contributed by atoms with Gasteiger partial charge >= 0.3 is 5.97 Å². The number of β-amino-alcohol motifs (C(OH)–C–C–N with tert-alkyl or cyclic N) is 1. The molecule has 0 spiro atoms. The number of amides is 10. The van der Waals surface area contributed by atoms with Crippen molar-refractivity contribution in [3.8, 4) is 0 Å². The Morgan fingerprint density at radius 3 is 1.85 bits per heavy atom. The number of nitrogens with two attached hydrogens (primary N) is 2. The summed E-state index contributed by atoms with van der Waals surface area (Å²) < 4.78 is 0. The van der Waals surface area contributed by atoms with E-state index < -0.39 is 133 Å². The number of aliphatic carboxylic acids is 1. The lowest BCUT2D eigenvalue weighted by Gasteiger charge is -2.26. The van der Waals surface area contributed by atoms with Gasteiger partial charge in [-0.25, -0.2) is 4.79 Å². The minimum absolute atomic E-state index is 0.0835. The average Bonchev–Trinajstić information content (AvgIpc) is 3.92. The van der Waals surface area contributed by atoms with Crippen molar-refractivity contribution in [2.75, 3.05) is 32.7 Å². The minimum Gasteiger partial charge on any atom is -0.480 e. The van der Waals surface area contributed by atoms with Gasteiger partial charge in [-0.3, -0.25) is 47.9 Å². The molecule has 10 amide bonds. The van der Waals surface area contributed by atoms with Crippen molar-refractivity contribution in [2.45, 2.75) is 147 Å². The molecule has 2 aliphatic rings. The van der Waals surface area contributed by atoms with Gasteiger partial charge in [0.1, 0.15) is 42.3 Å². The molecule has 0 aliphatic carbocycles. The number of aliphatic hydroxyl groups is 1. The highest BCUT2D eigenvalue weighted by Crippen LogP contribution is 2.18. The summed E-state index contributed by atoms with van der Waals surface area (Å²) >= 11 is 0. The van der Waals surface area contributed by atoms with Crippen molar-refractivity contribution in [1.82, 2.24) is 52.8 Å². The van der Waals surface area contributed by atoms with Crippen LogP contribution in [0.4, 0.5) is 0 Å². The van der Waals surface area contributed by atoms with Crippen LogP contribution in [0.3, 0.4) is 0 Å². The molecule has 9 atom stereocenters. The molecule has 25 nitrogen and oxygen atoms in total. The number of carbonyl (C=O) groups is 11. The van der Waals surface area contributed by atoms with E-state index in [4.69, 9.17) is 11.5 Å². The van der Waals surface area contributed by atoms with E-state index in [1.54, 1.807) is 13.8 Å². The zero-order valence-corrected chi connectivity index (χ0v) is 37.7. The van der Waals surface area contributed by atoms with Gasteiger partial charge in [-0.2, -0.15) is 0 Å². The Bertz CT molecular complexity index is 1730. The summed E-state index contributed by atoms with van der Waals surface area (Å²) in [4.78, 5) is 141. The van der Waals surface area contributed by atoms with Crippen molar-refractivity contribution >= 4 is 65.0 Å². The van der Waals surface area contributed by atoms with Crippen LogP contribution in [0.25, 0.3) is 0 Å². The van der Waals surface area contributed by atoms with Crippen LogP contribution in [-0.2, 0) is 52.7 Å². The van der Waals surface area contributed by atoms with Gasteiger partial charge in [0.25, 0.3) is 0 Å². The number of hydrogen-bond acceptors (Lipinski definition) is 14. The summed E-state index contributed by atoms with van der Waals surface area (Å²) in [5.74, 6) is -8.64. The van der Waals surface area contributed by atoms with Crippen LogP contribution in [0, 0.1) is 5.92 Å². The number of likely N-dealkylation sites (tertiary alicyclic amines) is 1. The largest absolute Gasteiger partial charge is 0.480 e. The molecule has 2 saturated heterocycles. The maximum absolute atomic E-state index is 13.4. The smallest absolute Gasteiger partial charge is 0.326 e. The first kappa shape index (κ1) is 55.2. The van der Waals surface area contributed by atoms with Gasteiger partial charge in [0, 0.05) is 19.5 Å². The van der Waals surface area contributed by atoms with Crippen molar-refractivity contribution in [1.29, 1.82) is 0 Å². The number of rotatable bonds is 27. The molecule has 2 heterocycles. The third-order valence-electron chi connectivity index (χ3n) is 10.6. The predicted octanol–water partition coefficient (Wildman–Crippen LogP) is -5.57. The number of nitrogens with zero attached hydrogens (tertiary/aromatic N) is 1. The van der Waals surface area contributed by atoms with E-state index in [2.05, 4.69) is 47.9 Å². The number of carbonyl (C=O) groups excluding carboxylic acids is 10. The zero-order valence-electron chi connectivity index (χ0n) is 37.7. The fourth-order valence-electron chi connectivity index (χ4n) is 6.94. The lowest BCUT2D eigenvalue weighted by molar-refractivity contribution is -0.144. The van der Waals surface area contributed by atoms with E-state index in [0.29, 0.717) is 32.2 Å². The first-order valence-electron chi connectivity index (χ1n) is 21.8. The summed E-state index contributed by atoms with van der Waals surface area (Å²) in [7, 11) is 0. The van der Waals surface area contributed by atoms with E-state index in [1.165, 1.54) is 25.7 Å². The summed E-state index contributed by atoms with van der Waals surface area (Å²) in [5, 5.41) is 41.6. The first-order chi connectivity index (χ1) is 30.5. The van der Waals surface area contributed by atoms with Crippen LogP contribution < -0.4 is 59.3 Å². The number of primary amides is 1. The second-order valence-corrected chi connectivity index (χ2v) is 16.7. The topological polar surface area (TPSA) is 392 Å². The molecule has 0 aromatic heterocycles. The Hall–Kier alpha value is -5.95. The molecule has 15 N–H and O–H groups in total. The first-order valence-corrected chi connectivity index (χ1v) is 21.8. The molecule has 2 aliphatic heterocycles. The maximum Gasteiger partial charge on any atom is 0.326 e. The van der Waals surface area contributed by atoms with Gasteiger partial charge in [0.2, 0.25) is 59.1 Å². The zero-order chi connectivity index (χ0) is 49.0. The summed E-state index contributed by atoms with van der Waals surface area (Å²) in [6.07, 6.45) is 0.999. The molecule has 366 valence electrons. The Kier molecular flexibility index (Phi) is 23.3. The third-order valence-corrected chi connectivity index (χ3v) is 10.6. The van der Waals surface area contributed by atoms with Gasteiger partial charge < -0.3 is 74.4 Å². The Balaban J connectivity index is 1.92. The minimum atomic E-state index is -1.35. The predicted molar refractivity (Wildman–Crippen MR) is 230 cm³/mol.